The minimum Gasteiger partial charge on any atom is -0.459 e. The van der Waals surface area contributed by atoms with E-state index in [-0.39, 0.29) is 6.10 Å². The normalized spacial score (nSPS) is 11.7. The molecular formula is C21H22N4O2. The van der Waals surface area contributed by atoms with E-state index in [0.29, 0.717) is 17.0 Å². The molecule has 0 aliphatic carbocycles. The van der Waals surface area contributed by atoms with E-state index in [4.69, 9.17) is 4.74 Å². The van der Waals surface area contributed by atoms with Crippen molar-refractivity contribution in [2.45, 2.75) is 33.8 Å². The Hall–Kier alpha value is -3.28. The monoisotopic (exact) mass is 362 g/mol. The van der Waals surface area contributed by atoms with Gasteiger partial charge in [0.15, 0.2) is 5.82 Å². The molecule has 0 atom stereocenters. The molecular weight excluding hydrogens is 340 g/mol. The summed E-state index contributed by atoms with van der Waals surface area (Å²) in [7, 11) is 0. The summed E-state index contributed by atoms with van der Waals surface area (Å²) < 4.78 is 6.90. The third-order valence-electron chi connectivity index (χ3n) is 3.80. The van der Waals surface area contributed by atoms with Crippen molar-refractivity contribution in [2.24, 2.45) is 0 Å². The molecule has 3 aromatic rings. The van der Waals surface area contributed by atoms with E-state index in [1.54, 1.807) is 37.1 Å². The van der Waals surface area contributed by atoms with Crippen LogP contribution in [0.4, 0.5) is 0 Å². The molecule has 0 radical (unpaired) electrons. The van der Waals surface area contributed by atoms with Crippen LogP contribution in [0.1, 0.15) is 30.5 Å². The van der Waals surface area contributed by atoms with Gasteiger partial charge in [-0.1, -0.05) is 17.2 Å². The molecule has 0 bridgehead atoms. The van der Waals surface area contributed by atoms with Crippen molar-refractivity contribution in [3.05, 3.63) is 65.7 Å². The van der Waals surface area contributed by atoms with Gasteiger partial charge in [-0.25, -0.2) is 14.5 Å². The van der Waals surface area contributed by atoms with Crippen LogP contribution in [0, 0.1) is 13.8 Å². The highest BCUT2D eigenvalue weighted by Gasteiger charge is 2.16. The average molecular weight is 362 g/mol. The summed E-state index contributed by atoms with van der Waals surface area (Å²) in [5, 5.41) is 4.50. The summed E-state index contributed by atoms with van der Waals surface area (Å²) in [6.07, 6.45) is 6.25. The molecule has 0 unspecified atom stereocenters. The summed E-state index contributed by atoms with van der Waals surface area (Å²) in [4.78, 5) is 20.9. The molecule has 27 heavy (non-hydrogen) atoms. The minimum atomic E-state index is -0.417. The highest BCUT2D eigenvalue weighted by Crippen LogP contribution is 2.20. The van der Waals surface area contributed by atoms with Gasteiger partial charge in [-0.3, -0.25) is 4.98 Å². The molecule has 0 amide bonds. The lowest BCUT2D eigenvalue weighted by Gasteiger charge is -2.11. The van der Waals surface area contributed by atoms with E-state index in [1.165, 1.54) is 4.68 Å². The number of nitrogens with zero attached hydrogens (tertiary/aromatic N) is 4. The second kappa shape index (κ2) is 7.95. The largest absolute Gasteiger partial charge is 0.459 e. The summed E-state index contributed by atoms with van der Waals surface area (Å²) in [6.45, 7) is 7.71. The smallest absolute Gasteiger partial charge is 0.340 e. The number of aryl methyl sites for hydroxylation is 2. The zero-order valence-electron chi connectivity index (χ0n) is 15.9. The van der Waals surface area contributed by atoms with Gasteiger partial charge in [-0.2, -0.15) is 0 Å². The summed E-state index contributed by atoms with van der Waals surface area (Å²) in [6, 6.07) is 9.69. The highest BCUT2D eigenvalue weighted by atomic mass is 16.5. The van der Waals surface area contributed by atoms with Gasteiger partial charge in [-0.15, -0.1) is 5.10 Å². The molecule has 138 valence electrons. The first-order valence-electron chi connectivity index (χ1n) is 8.75. The predicted molar refractivity (Wildman–Crippen MR) is 105 cm³/mol. The maximum atomic E-state index is 12.6. The lowest BCUT2D eigenvalue weighted by Crippen LogP contribution is -2.13. The number of carbonyl (C=O) groups is 1. The summed E-state index contributed by atoms with van der Waals surface area (Å²) >= 11 is 0. The van der Waals surface area contributed by atoms with Gasteiger partial charge >= 0.3 is 5.97 Å². The Morgan fingerprint density at radius 1 is 1.11 bits per heavy atom. The first kappa shape index (κ1) is 18.5. The Morgan fingerprint density at radius 2 is 1.78 bits per heavy atom. The molecule has 6 nitrogen and oxygen atoms in total. The van der Waals surface area contributed by atoms with Crippen LogP contribution in [-0.2, 0) is 9.53 Å². The van der Waals surface area contributed by atoms with Crippen molar-refractivity contribution in [3.8, 4) is 11.4 Å². The number of carbonyl (C=O) groups excluding carboxylic acids is 1. The van der Waals surface area contributed by atoms with Crippen LogP contribution >= 0.6 is 0 Å². The number of pyridine rings is 1. The van der Waals surface area contributed by atoms with Crippen LogP contribution < -0.4 is 0 Å². The van der Waals surface area contributed by atoms with E-state index in [1.807, 2.05) is 39.8 Å². The van der Waals surface area contributed by atoms with Crippen LogP contribution in [-0.4, -0.2) is 31.8 Å². The molecule has 0 aliphatic rings. The van der Waals surface area contributed by atoms with Gasteiger partial charge in [0, 0.05) is 24.2 Å². The standard InChI is InChI=1S/C21H22N4O2/c1-14(2)27-21(26)19(17-5-7-22-8-6-17)12-25-13-23-20(24-25)18-10-15(3)9-16(4)11-18/h5-14H,1-4H3/b19-12+. The van der Waals surface area contributed by atoms with Crippen molar-refractivity contribution >= 4 is 17.7 Å². The summed E-state index contributed by atoms with van der Waals surface area (Å²) in [5.74, 6) is 0.184. The number of benzene rings is 1. The highest BCUT2D eigenvalue weighted by molar-refractivity contribution is 6.20. The number of ether oxygens (including phenoxy) is 1. The molecule has 0 N–H and O–H groups in total. The molecule has 0 saturated heterocycles. The zero-order valence-corrected chi connectivity index (χ0v) is 15.9. The predicted octanol–water partition coefficient (Wildman–Crippen LogP) is 3.91. The van der Waals surface area contributed by atoms with E-state index < -0.39 is 5.97 Å². The number of hydrogen-bond donors (Lipinski definition) is 0. The average Bonchev–Trinajstić information content (AvgIpc) is 3.08. The van der Waals surface area contributed by atoms with Crippen LogP contribution in [0.25, 0.3) is 23.2 Å². The van der Waals surface area contributed by atoms with Gasteiger partial charge in [0.2, 0.25) is 0 Å². The van der Waals surface area contributed by atoms with Gasteiger partial charge in [0.1, 0.15) is 6.33 Å². The van der Waals surface area contributed by atoms with Crippen molar-refractivity contribution in [1.82, 2.24) is 19.7 Å². The third-order valence-corrected chi connectivity index (χ3v) is 3.80. The Bertz CT molecular complexity index is 955. The molecule has 2 heterocycles. The maximum Gasteiger partial charge on any atom is 0.340 e. The number of hydrogen-bond acceptors (Lipinski definition) is 5. The van der Waals surface area contributed by atoms with E-state index in [0.717, 1.165) is 16.7 Å². The molecule has 0 fully saturated rings. The molecule has 0 aliphatic heterocycles. The van der Waals surface area contributed by atoms with E-state index >= 15 is 0 Å². The van der Waals surface area contributed by atoms with Crippen molar-refractivity contribution in [1.29, 1.82) is 0 Å². The Morgan fingerprint density at radius 3 is 2.41 bits per heavy atom. The fraction of sp³-hybridized carbons (Fsp3) is 0.238. The van der Waals surface area contributed by atoms with Gasteiger partial charge in [0.25, 0.3) is 0 Å². The first-order chi connectivity index (χ1) is 12.9. The second-order valence-electron chi connectivity index (χ2n) is 6.66. The lowest BCUT2D eigenvalue weighted by atomic mass is 10.1. The summed E-state index contributed by atoms with van der Waals surface area (Å²) in [5.41, 5.74) is 4.33. The zero-order chi connectivity index (χ0) is 19.4. The van der Waals surface area contributed by atoms with Gasteiger partial charge in [0.05, 0.1) is 11.7 Å². The van der Waals surface area contributed by atoms with Crippen LogP contribution in [0.2, 0.25) is 0 Å². The Balaban J connectivity index is 1.98. The first-order valence-corrected chi connectivity index (χ1v) is 8.75. The quantitative estimate of drug-likeness (QED) is 0.508. The second-order valence-corrected chi connectivity index (χ2v) is 6.66. The fourth-order valence-corrected chi connectivity index (χ4v) is 2.76. The molecule has 6 heteroatoms. The fourth-order valence-electron chi connectivity index (χ4n) is 2.76. The number of esters is 1. The Kier molecular flexibility index (Phi) is 5.45. The lowest BCUT2D eigenvalue weighted by molar-refractivity contribution is -0.140. The number of aromatic nitrogens is 4. The van der Waals surface area contributed by atoms with E-state index in [9.17, 15) is 4.79 Å². The van der Waals surface area contributed by atoms with Crippen molar-refractivity contribution in [2.75, 3.05) is 0 Å². The molecule has 0 spiro atoms. The van der Waals surface area contributed by atoms with Gasteiger partial charge in [-0.05, 0) is 57.5 Å². The Labute approximate surface area is 158 Å². The molecule has 2 aromatic heterocycles. The van der Waals surface area contributed by atoms with Crippen LogP contribution in [0.5, 0.6) is 0 Å². The van der Waals surface area contributed by atoms with Gasteiger partial charge < -0.3 is 4.74 Å². The maximum absolute atomic E-state index is 12.6. The van der Waals surface area contributed by atoms with Crippen LogP contribution in [0.3, 0.4) is 0 Å². The topological polar surface area (TPSA) is 69.9 Å². The van der Waals surface area contributed by atoms with Crippen molar-refractivity contribution in [3.63, 3.8) is 0 Å². The SMILES string of the molecule is Cc1cc(C)cc(-c2ncn(/C=C(/C(=O)OC(C)C)c3ccncc3)n2)c1. The number of rotatable bonds is 5. The molecule has 0 saturated carbocycles. The van der Waals surface area contributed by atoms with E-state index in [2.05, 4.69) is 21.1 Å². The molecule has 1 aromatic carbocycles. The van der Waals surface area contributed by atoms with Crippen molar-refractivity contribution < 1.29 is 9.53 Å². The molecule has 3 rings (SSSR count). The van der Waals surface area contributed by atoms with Crippen LogP contribution in [0.15, 0.2) is 49.1 Å². The third kappa shape index (κ3) is 4.67. The minimum absolute atomic E-state index is 0.218.